The van der Waals surface area contributed by atoms with E-state index in [1.807, 2.05) is 37.3 Å². The average molecular weight is 467 g/mol. The maximum absolute atomic E-state index is 9.33. The first-order chi connectivity index (χ1) is 16.9. The van der Waals surface area contributed by atoms with Crippen molar-refractivity contribution in [2.45, 2.75) is 45.3 Å². The Morgan fingerprint density at radius 2 is 1.94 bits per heavy atom. The summed E-state index contributed by atoms with van der Waals surface area (Å²) in [6, 6.07) is 19.2. The highest BCUT2D eigenvalue weighted by atomic mass is 15.3. The summed E-state index contributed by atoms with van der Waals surface area (Å²) in [6.07, 6.45) is 4.02. The SMILES string of the molecule is Cc1nnc2ccc3c(cc(C(N)=CC=NC4(CC#N)CN(C(C)C)C4)n3Cc3ccccc3)n12. The first-order valence-corrected chi connectivity index (χ1v) is 11.9. The molecule has 0 aliphatic carbocycles. The number of aliphatic imine (C=N–C) groups is 1. The molecule has 1 aromatic carbocycles. The number of rotatable bonds is 7. The molecule has 3 aromatic heterocycles. The van der Waals surface area contributed by atoms with E-state index in [0.29, 0.717) is 24.7 Å². The molecule has 35 heavy (non-hydrogen) atoms. The van der Waals surface area contributed by atoms with Crippen molar-refractivity contribution in [2.75, 3.05) is 13.1 Å². The van der Waals surface area contributed by atoms with Crippen LogP contribution in [0.1, 0.15) is 37.4 Å². The quantitative estimate of drug-likeness (QED) is 0.418. The molecule has 0 bridgehead atoms. The maximum Gasteiger partial charge on any atom is 0.161 e. The number of hydrogen-bond donors (Lipinski definition) is 1. The number of nitrogens with zero attached hydrogens (tertiary/aromatic N) is 7. The predicted molar refractivity (Wildman–Crippen MR) is 139 cm³/mol. The van der Waals surface area contributed by atoms with Crippen LogP contribution in [-0.2, 0) is 6.54 Å². The standard InChI is InChI=1S/C27H30N8/c1-19(2)33-17-27(18-33,12-13-28)30-14-11-22(29)24-15-25-23(9-10-26-32-31-20(3)35(25)26)34(24)16-21-7-5-4-6-8-21/h4-11,14-15,19H,12,16-18,29H2,1-3H3. The third-order valence-corrected chi connectivity index (χ3v) is 6.81. The number of aromatic nitrogens is 4. The summed E-state index contributed by atoms with van der Waals surface area (Å²) < 4.78 is 4.27. The third kappa shape index (κ3) is 4.19. The molecule has 8 heteroatoms. The van der Waals surface area contributed by atoms with Crippen LogP contribution in [0.25, 0.3) is 22.4 Å². The third-order valence-electron chi connectivity index (χ3n) is 6.81. The Morgan fingerprint density at radius 3 is 2.66 bits per heavy atom. The summed E-state index contributed by atoms with van der Waals surface area (Å²) in [6.45, 7) is 8.55. The molecule has 0 radical (unpaired) electrons. The summed E-state index contributed by atoms with van der Waals surface area (Å²) in [5, 5.41) is 17.8. The maximum atomic E-state index is 9.33. The van der Waals surface area contributed by atoms with E-state index in [9.17, 15) is 5.26 Å². The lowest BCUT2D eigenvalue weighted by Crippen LogP contribution is -2.62. The lowest BCUT2D eigenvalue weighted by Gasteiger charge is -2.48. The zero-order chi connectivity index (χ0) is 24.6. The number of nitriles is 1. The minimum Gasteiger partial charge on any atom is -0.397 e. The lowest BCUT2D eigenvalue weighted by molar-refractivity contribution is 0.0470. The number of nitrogens with two attached hydrogens (primary N) is 1. The molecule has 1 aliphatic rings. The molecule has 2 N–H and O–H groups in total. The van der Waals surface area contributed by atoms with E-state index in [4.69, 9.17) is 10.7 Å². The monoisotopic (exact) mass is 466 g/mol. The highest BCUT2D eigenvalue weighted by molar-refractivity contribution is 5.89. The predicted octanol–water partition coefficient (Wildman–Crippen LogP) is 3.79. The van der Waals surface area contributed by atoms with E-state index in [-0.39, 0.29) is 5.54 Å². The van der Waals surface area contributed by atoms with Gasteiger partial charge in [0.1, 0.15) is 5.82 Å². The molecule has 0 spiro atoms. The van der Waals surface area contributed by atoms with Crippen molar-refractivity contribution in [3.63, 3.8) is 0 Å². The number of pyridine rings is 1. The average Bonchev–Trinajstić information content (AvgIpc) is 3.38. The minimum absolute atomic E-state index is 0.349. The normalized spacial score (nSPS) is 16.4. The van der Waals surface area contributed by atoms with Gasteiger partial charge < -0.3 is 10.3 Å². The van der Waals surface area contributed by atoms with Crippen LogP contribution in [0, 0.1) is 18.3 Å². The molecule has 4 heterocycles. The second kappa shape index (κ2) is 9.01. The number of allylic oxidation sites excluding steroid dienone is 1. The molecule has 0 atom stereocenters. The summed E-state index contributed by atoms with van der Waals surface area (Å²) in [5.74, 6) is 0.830. The smallest absolute Gasteiger partial charge is 0.161 e. The Labute approximate surface area is 205 Å². The molecular formula is C27H30N8. The fourth-order valence-electron chi connectivity index (χ4n) is 4.84. The Bertz CT molecular complexity index is 1460. The van der Waals surface area contributed by atoms with Gasteiger partial charge in [0.15, 0.2) is 5.65 Å². The summed E-state index contributed by atoms with van der Waals surface area (Å²) >= 11 is 0. The van der Waals surface area contributed by atoms with Gasteiger partial charge in [-0.2, -0.15) is 5.26 Å². The Balaban J connectivity index is 1.54. The van der Waals surface area contributed by atoms with Gasteiger partial charge in [0.05, 0.1) is 40.5 Å². The molecule has 1 aliphatic heterocycles. The summed E-state index contributed by atoms with van der Waals surface area (Å²) in [7, 11) is 0. The van der Waals surface area contributed by atoms with E-state index < -0.39 is 0 Å². The van der Waals surface area contributed by atoms with Crippen LogP contribution in [0.3, 0.4) is 0 Å². The van der Waals surface area contributed by atoms with Crippen molar-refractivity contribution >= 4 is 28.6 Å². The molecule has 0 amide bonds. The van der Waals surface area contributed by atoms with Gasteiger partial charge in [0.25, 0.3) is 0 Å². The lowest BCUT2D eigenvalue weighted by atomic mass is 9.86. The van der Waals surface area contributed by atoms with Gasteiger partial charge in [-0.15, -0.1) is 10.2 Å². The summed E-state index contributed by atoms with van der Waals surface area (Å²) in [4.78, 5) is 7.12. The fraction of sp³-hybridized carbons (Fsp3) is 0.333. The largest absolute Gasteiger partial charge is 0.397 e. The van der Waals surface area contributed by atoms with Gasteiger partial charge in [-0.3, -0.25) is 14.3 Å². The van der Waals surface area contributed by atoms with E-state index >= 15 is 0 Å². The van der Waals surface area contributed by atoms with Crippen LogP contribution < -0.4 is 5.73 Å². The minimum atomic E-state index is -0.349. The fourth-order valence-corrected chi connectivity index (χ4v) is 4.84. The number of likely N-dealkylation sites (tertiary alicyclic amines) is 1. The molecule has 0 unspecified atom stereocenters. The van der Waals surface area contributed by atoms with Crippen LogP contribution in [0.2, 0.25) is 0 Å². The molecule has 1 fully saturated rings. The van der Waals surface area contributed by atoms with Crippen LogP contribution in [0.4, 0.5) is 0 Å². The Hall–Kier alpha value is -3.96. The van der Waals surface area contributed by atoms with Crippen LogP contribution >= 0.6 is 0 Å². The molecule has 1 saturated heterocycles. The van der Waals surface area contributed by atoms with Crippen LogP contribution in [0.5, 0.6) is 0 Å². The first-order valence-electron chi connectivity index (χ1n) is 11.9. The zero-order valence-electron chi connectivity index (χ0n) is 20.4. The van der Waals surface area contributed by atoms with Crippen molar-refractivity contribution in [1.29, 1.82) is 5.26 Å². The van der Waals surface area contributed by atoms with E-state index in [2.05, 4.69) is 68.2 Å². The van der Waals surface area contributed by atoms with Gasteiger partial charge in [-0.25, -0.2) is 0 Å². The van der Waals surface area contributed by atoms with Crippen molar-refractivity contribution in [1.82, 2.24) is 24.1 Å². The zero-order valence-corrected chi connectivity index (χ0v) is 20.4. The topological polar surface area (TPSA) is 101 Å². The second-order valence-electron chi connectivity index (χ2n) is 9.60. The highest BCUT2D eigenvalue weighted by Crippen LogP contribution is 2.30. The Morgan fingerprint density at radius 1 is 1.17 bits per heavy atom. The number of aryl methyl sites for hydroxylation is 1. The van der Waals surface area contributed by atoms with Crippen LogP contribution in [-0.4, -0.2) is 54.9 Å². The second-order valence-corrected chi connectivity index (χ2v) is 9.60. The summed E-state index contributed by atoms with van der Waals surface area (Å²) in [5.41, 5.74) is 11.9. The van der Waals surface area contributed by atoms with Gasteiger partial charge >= 0.3 is 0 Å². The highest BCUT2D eigenvalue weighted by Gasteiger charge is 2.43. The van der Waals surface area contributed by atoms with Crippen LogP contribution in [0.15, 0.2) is 59.6 Å². The van der Waals surface area contributed by atoms with E-state index in [1.165, 1.54) is 5.56 Å². The van der Waals surface area contributed by atoms with Crippen molar-refractivity contribution < 1.29 is 0 Å². The number of benzene rings is 1. The van der Waals surface area contributed by atoms with E-state index in [1.54, 1.807) is 6.21 Å². The van der Waals surface area contributed by atoms with Gasteiger partial charge in [-0.1, -0.05) is 30.3 Å². The Kier molecular flexibility index (Phi) is 5.87. The van der Waals surface area contributed by atoms with Gasteiger partial charge in [0, 0.05) is 31.9 Å². The number of fused-ring (bicyclic) bond motifs is 3. The van der Waals surface area contributed by atoms with Crippen molar-refractivity contribution in [3.05, 3.63) is 71.7 Å². The van der Waals surface area contributed by atoms with E-state index in [0.717, 1.165) is 41.3 Å². The van der Waals surface area contributed by atoms with Gasteiger partial charge in [0.2, 0.25) is 0 Å². The number of hydrogen-bond acceptors (Lipinski definition) is 6. The molecule has 0 saturated carbocycles. The van der Waals surface area contributed by atoms with Crippen molar-refractivity contribution in [3.8, 4) is 6.07 Å². The first kappa shape index (κ1) is 22.8. The van der Waals surface area contributed by atoms with Gasteiger partial charge in [-0.05, 0) is 50.6 Å². The molecule has 5 rings (SSSR count). The molecule has 8 nitrogen and oxygen atoms in total. The van der Waals surface area contributed by atoms with Crippen molar-refractivity contribution in [2.24, 2.45) is 10.7 Å². The molecular weight excluding hydrogens is 436 g/mol. The molecule has 4 aromatic rings. The molecule has 178 valence electrons.